The van der Waals surface area contributed by atoms with Crippen LogP contribution in [0.2, 0.25) is 0 Å². The van der Waals surface area contributed by atoms with E-state index in [0.29, 0.717) is 12.4 Å². The predicted octanol–water partition coefficient (Wildman–Crippen LogP) is 0.0731. The van der Waals surface area contributed by atoms with Crippen molar-refractivity contribution in [1.29, 1.82) is 0 Å². The Kier molecular flexibility index (Phi) is 3.71. The molecule has 0 saturated heterocycles. The second-order valence-corrected chi connectivity index (χ2v) is 3.91. The average molecular weight is 248 g/mol. The minimum Gasteiger partial charge on any atom is -0.349 e. The number of hydrogen-bond acceptors (Lipinski definition) is 4. The molecular formula is C11H16N6O. The Balaban J connectivity index is 1.83. The van der Waals surface area contributed by atoms with E-state index in [-0.39, 0.29) is 11.7 Å². The third kappa shape index (κ3) is 2.73. The Hall–Kier alpha value is -2.18. The van der Waals surface area contributed by atoms with Gasteiger partial charge in [-0.15, -0.1) is 5.10 Å². The zero-order chi connectivity index (χ0) is 13.0. The number of carbonyl (C=O) groups excluding carboxylic acids is 1. The highest BCUT2D eigenvalue weighted by Gasteiger charge is 2.11. The Morgan fingerprint density at radius 1 is 1.56 bits per heavy atom. The number of H-pyrrole nitrogens is 1. The van der Waals surface area contributed by atoms with E-state index in [9.17, 15) is 4.79 Å². The van der Waals surface area contributed by atoms with E-state index >= 15 is 0 Å². The average Bonchev–Trinajstić information content (AvgIpc) is 2.98. The third-order valence-electron chi connectivity index (χ3n) is 2.66. The molecule has 0 atom stereocenters. The maximum atomic E-state index is 11.7. The highest BCUT2D eigenvalue weighted by atomic mass is 16.2. The summed E-state index contributed by atoms with van der Waals surface area (Å²) in [7, 11) is 1.87. The van der Waals surface area contributed by atoms with Crippen LogP contribution in [-0.2, 0) is 19.9 Å². The molecule has 18 heavy (non-hydrogen) atoms. The summed E-state index contributed by atoms with van der Waals surface area (Å²) < 4.78 is 1.79. The predicted molar refractivity (Wildman–Crippen MR) is 65.0 cm³/mol. The van der Waals surface area contributed by atoms with Crippen LogP contribution in [0.4, 0.5) is 0 Å². The number of amides is 1. The molecule has 1 amide bonds. The van der Waals surface area contributed by atoms with Crippen LogP contribution in [0.5, 0.6) is 0 Å². The molecule has 0 aromatic carbocycles. The zero-order valence-electron chi connectivity index (χ0n) is 10.5. The number of aromatic nitrogens is 5. The molecule has 2 rings (SSSR count). The summed E-state index contributed by atoms with van der Waals surface area (Å²) in [4.78, 5) is 15.8. The van der Waals surface area contributed by atoms with Gasteiger partial charge in [-0.3, -0.25) is 14.6 Å². The van der Waals surface area contributed by atoms with Gasteiger partial charge in [-0.2, -0.15) is 5.10 Å². The summed E-state index contributed by atoms with van der Waals surface area (Å²) in [6.45, 7) is 2.49. The van der Waals surface area contributed by atoms with Crippen molar-refractivity contribution < 1.29 is 4.79 Å². The van der Waals surface area contributed by atoms with E-state index in [1.54, 1.807) is 10.9 Å². The Labute approximate surface area is 105 Å². The fraction of sp³-hybridized carbons (Fsp3) is 0.455. The summed E-state index contributed by atoms with van der Waals surface area (Å²) in [6, 6.07) is 1.92. The van der Waals surface area contributed by atoms with Gasteiger partial charge in [0, 0.05) is 38.3 Å². The molecule has 2 aromatic heterocycles. The first-order chi connectivity index (χ1) is 8.70. The van der Waals surface area contributed by atoms with E-state index in [4.69, 9.17) is 0 Å². The lowest BCUT2D eigenvalue weighted by atomic mass is 10.3. The standard InChI is InChI=1S/C11H16N6O/c1-3-9-14-10(16-15-9)11(18)12-6-4-8-5-7-13-17(8)2/h5,7H,3-4,6H2,1-2H3,(H,12,18)(H,14,15,16). The third-order valence-corrected chi connectivity index (χ3v) is 2.66. The number of aromatic amines is 1. The minimum atomic E-state index is -0.256. The molecule has 96 valence electrons. The van der Waals surface area contributed by atoms with Crippen LogP contribution in [-0.4, -0.2) is 37.4 Å². The van der Waals surface area contributed by atoms with Gasteiger partial charge in [0.05, 0.1) is 0 Å². The maximum Gasteiger partial charge on any atom is 0.290 e. The lowest BCUT2D eigenvalue weighted by Gasteiger charge is -2.03. The lowest BCUT2D eigenvalue weighted by molar-refractivity contribution is 0.0944. The van der Waals surface area contributed by atoms with Crippen molar-refractivity contribution in [3.8, 4) is 0 Å². The van der Waals surface area contributed by atoms with Gasteiger partial charge < -0.3 is 5.32 Å². The van der Waals surface area contributed by atoms with Crippen LogP contribution in [0.3, 0.4) is 0 Å². The molecule has 0 radical (unpaired) electrons. The lowest BCUT2D eigenvalue weighted by Crippen LogP contribution is -2.27. The fourth-order valence-electron chi connectivity index (χ4n) is 1.58. The smallest absolute Gasteiger partial charge is 0.290 e. The molecule has 0 aliphatic rings. The summed E-state index contributed by atoms with van der Waals surface area (Å²) in [5.74, 6) is 0.650. The highest BCUT2D eigenvalue weighted by molar-refractivity contribution is 5.90. The second-order valence-electron chi connectivity index (χ2n) is 3.91. The molecule has 0 unspecified atom stereocenters. The van der Waals surface area contributed by atoms with Crippen LogP contribution in [0.25, 0.3) is 0 Å². The van der Waals surface area contributed by atoms with Gasteiger partial charge in [0.2, 0.25) is 5.82 Å². The summed E-state index contributed by atoms with van der Waals surface area (Å²) in [5, 5.41) is 13.4. The number of aryl methyl sites for hydroxylation is 2. The molecule has 2 aromatic rings. The maximum absolute atomic E-state index is 11.7. The topological polar surface area (TPSA) is 88.5 Å². The van der Waals surface area contributed by atoms with Crippen molar-refractivity contribution in [3.63, 3.8) is 0 Å². The van der Waals surface area contributed by atoms with Gasteiger partial charge in [0.1, 0.15) is 5.82 Å². The molecule has 0 bridgehead atoms. The molecule has 0 saturated carbocycles. The number of hydrogen-bond donors (Lipinski definition) is 2. The minimum absolute atomic E-state index is 0.192. The van der Waals surface area contributed by atoms with Crippen molar-refractivity contribution in [1.82, 2.24) is 30.3 Å². The van der Waals surface area contributed by atoms with E-state index in [0.717, 1.165) is 18.5 Å². The van der Waals surface area contributed by atoms with Crippen molar-refractivity contribution in [2.45, 2.75) is 19.8 Å². The molecule has 7 nitrogen and oxygen atoms in total. The molecule has 7 heteroatoms. The number of rotatable bonds is 5. The number of carbonyl (C=O) groups is 1. The Morgan fingerprint density at radius 2 is 2.39 bits per heavy atom. The van der Waals surface area contributed by atoms with E-state index < -0.39 is 0 Å². The SMILES string of the molecule is CCc1nc(C(=O)NCCc2ccnn2C)n[nH]1. The van der Waals surface area contributed by atoms with Gasteiger partial charge in [-0.05, 0) is 6.07 Å². The van der Waals surface area contributed by atoms with Crippen LogP contribution in [0, 0.1) is 0 Å². The molecular weight excluding hydrogens is 232 g/mol. The van der Waals surface area contributed by atoms with E-state index in [2.05, 4.69) is 25.6 Å². The number of nitrogens with one attached hydrogen (secondary N) is 2. The summed E-state index contributed by atoms with van der Waals surface area (Å²) in [6.07, 6.45) is 3.20. The van der Waals surface area contributed by atoms with Gasteiger partial charge in [-0.25, -0.2) is 4.98 Å². The zero-order valence-corrected chi connectivity index (χ0v) is 10.5. The van der Waals surface area contributed by atoms with Crippen molar-refractivity contribution in [3.05, 3.63) is 29.6 Å². The molecule has 0 fully saturated rings. The molecule has 0 aliphatic carbocycles. The second kappa shape index (κ2) is 5.44. The fourth-order valence-corrected chi connectivity index (χ4v) is 1.58. The van der Waals surface area contributed by atoms with Crippen molar-refractivity contribution >= 4 is 5.91 Å². The van der Waals surface area contributed by atoms with Gasteiger partial charge in [0.25, 0.3) is 5.91 Å². The van der Waals surface area contributed by atoms with Crippen molar-refractivity contribution in [2.24, 2.45) is 7.05 Å². The monoisotopic (exact) mass is 248 g/mol. The van der Waals surface area contributed by atoms with Crippen LogP contribution in [0.1, 0.15) is 29.1 Å². The molecule has 0 aliphatic heterocycles. The Bertz CT molecular complexity index is 529. The highest BCUT2D eigenvalue weighted by Crippen LogP contribution is 1.97. The number of nitrogens with zero attached hydrogens (tertiary/aromatic N) is 4. The van der Waals surface area contributed by atoms with Gasteiger partial charge in [0.15, 0.2) is 0 Å². The van der Waals surface area contributed by atoms with Gasteiger partial charge in [-0.1, -0.05) is 6.92 Å². The van der Waals surface area contributed by atoms with Crippen molar-refractivity contribution in [2.75, 3.05) is 6.54 Å². The first-order valence-electron chi connectivity index (χ1n) is 5.87. The quantitative estimate of drug-likeness (QED) is 0.784. The van der Waals surface area contributed by atoms with Crippen LogP contribution < -0.4 is 5.32 Å². The summed E-state index contributed by atoms with van der Waals surface area (Å²) >= 11 is 0. The normalized spacial score (nSPS) is 10.6. The molecule has 2 N–H and O–H groups in total. The van der Waals surface area contributed by atoms with Crippen LogP contribution >= 0.6 is 0 Å². The van der Waals surface area contributed by atoms with Gasteiger partial charge >= 0.3 is 0 Å². The Morgan fingerprint density at radius 3 is 3.00 bits per heavy atom. The van der Waals surface area contributed by atoms with E-state index in [1.165, 1.54) is 0 Å². The van der Waals surface area contributed by atoms with Crippen LogP contribution in [0.15, 0.2) is 12.3 Å². The first kappa shape index (κ1) is 12.3. The molecule has 0 spiro atoms. The van der Waals surface area contributed by atoms with E-state index in [1.807, 2.05) is 20.0 Å². The summed E-state index contributed by atoms with van der Waals surface area (Å²) in [5.41, 5.74) is 1.07. The largest absolute Gasteiger partial charge is 0.349 e. The molecule has 2 heterocycles. The first-order valence-corrected chi connectivity index (χ1v) is 5.87.